The van der Waals surface area contributed by atoms with Gasteiger partial charge in [-0.2, -0.15) is 4.31 Å². The van der Waals surface area contributed by atoms with E-state index in [2.05, 4.69) is 22.3 Å². The lowest BCUT2D eigenvalue weighted by molar-refractivity contribution is 0.251. The zero-order valence-corrected chi connectivity index (χ0v) is 17.3. The molecule has 0 bridgehead atoms. The van der Waals surface area contributed by atoms with Crippen LogP contribution in [0.25, 0.3) is 0 Å². The Labute approximate surface area is 161 Å². The quantitative estimate of drug-likeness (QED) is 0.778. The molecule has 0 radical (unpaired) electrons. The summed E-state index contributed by atoms with van der Waals surface area (Å²) in [5.74, 6) is 0.969. The summed E-state index contributed by atoms with van der Waals surface area (Å²) >= 11 is 5.58. The molecule has 2 atom stereocenters. The summed E-state index contributed by atoms with van der Waals surface area (Å²) in [5.41, 5.74) is 0.411. The van der Waals surface area contributed by atoms with Gasteiger partial charge >= 0.3 is 0 Å². The van der Waals surface area contributed by atoms with Crippen molar-refractivity contribution in [2.24, 2.45) is 5.92 Å². The van der Waals surface area contributed by atoms with Crippen LogP contribution < -0.4 is 5.32 Å². The number of hydrogen-bond acceptors (Lipinski definition) is 5. The maximum atomic E-state index is 12.9. The molecule has 146 valence electrons. The third-order valence-electron chi connectivity index (χ3n) is 5.51. The van der Waals surface area contributed by atoms with Crippen molar-refractivity contribution < 1.29 is 12.9 Å². The summed E-state index contributed by atoms with van der Waals surface area (Å²) in [6.45, 7) is 7.57. The minimum Gasteiger partial charge on any atom is -0.360 e. The van der Waals surface area contributed by atoms with E-state index in [-0.39, 0.29) is 4.90 Å². The van der Waals surface area contributed by atoms with Crippen LogP contribution in [0.5, 0.6) is 0 Å². The van der Waals surface area contributed by atoms with E-state index < -0.39 is 10.0 Å². The van der Waals surface area contributed by atoms with E-state index in [9.17, 15) is 8.42 Å². The zero-order chi connectivity index (χ0) is 18.9. The molecule has 0 aromatic carbocycles. The second-order valence-electron chi connectivity index (χ2n) is 7.36. The van der Waals surface area contributed by atoms with Crippen LogP contribution in [0.2, 0.25) is 0 Å². The third kappa shape index (κ3) is 3.89. The van der Waals surface area contributed by atoms with E-state index in [1.165, 1.54) is 23.6 Å². The standard InChI is InChI=1S/C17H28N4O3S2/c1-12-6-4-5-7-15(12)18-17(25)20-8-10-21(11-9-20)26(22,23)16-13(2)19-24-14(16)3/h12,15H,4-11H2,1-3H3,(H,18,25)/t12-,15+/m0/s1. The molecule has 1 aliphatic carbocycles. The van der Waals surface area contributed by atoms with Gasteiger partial charge in [-0.05, 0) is 44.8 Å². The van der Waals surface area contributed by atoms with E-state index in [0.29, 0.717) is 49.6 Å². The molecule has 26 heavy (non-hydrogen) atoms. The molecule has 2 fully saturated rings. The lowest BCUT2D eigenvalue weighted by Gasteiger charge is -2.38. The van der Waals surface area contributed by atoms with Crippen molar-refractivity contribution >= 4 is 27.4 Å². The number of sulfonamides is 1. The van der Waals surface area contributed by atoms with Gasteiger partial charge in [0.25, 0.3) is 0 Å². The Morgan fingerprint density at radius 3 is 2.42 bits per heavy atom. The molecular weight excluding hydrogens is 372 g/mol. The molecule has 3 rings (SSSR count). The van der Waals surface area contributed by atoms with Gasteiger partial charge in [0.05, 0.1) is 0 Å². The van der Waals surface area contributed by atoms with Crippen molar-refractivity contribution in [1.82, 2.24) is 19.7 Å². The normalized spacial score (nSPS) is 25.3. The van der Waals surface area contributed by atoms with Crippen molar-refractivity contribution in [2.45, 2.75) is 57.4 Å². The van der Waals surface area contributed by atoms with E-state index in [4.69, 9.17) is 16.7 Å². The molecule has 1 aromatic heterocycles. The summed E-state index contributed by atoms with van der Waals surface area (Å²) in [6.07, 6.45) is 4.93. The number of aryl methyl sites for hydroxylation is 2. The number of piperazine rings is 1. The molecule has 2 aliphatic rings. The average molecular weight is 401 g/mol. The lowest BCUT2D eigenvalue weighted by atomic mass is 9.86. The molecular formula is C17H28N4O3S2. The highest BCUT2D eigenvalue weighted by atomic mass is 32.2. The molecule has 0 spiro atoms. The van der Waals surface area contributed by atoms with Crippen LogP contribution in [0.4, 0.5) is 0 Å². The highest BCUT2D eigenvalue weighted by Crippen LogP contribution is 2.25. The van der Waals surface area contributed by atoms with Crippen LogP contribution in [0.3, 0.4) is 0 Å². The zero-order valence-electron chi connectivity index (χ0n) is 15.7. The lowest BCUT2D eigenvalue weighted by Crippen LogP contribution is -2.55. The van der Waals surface area contributed by atoms with E-state index >= 15 is 0 Å². The topological polar surface area (TPSA) is 78.7 Å². The number of rotatable bonds is 3. The van der Waals surface area contributed by atoms with E-state index in [1.807, 2.05) is 0 Å². The first-order valence-corrected chi connectivity index (χ1v) is 11.1. The van der Waals surface area contributed by atoms with Crippen LogP contribution >= 0.6 is 12.2 Å². The average Bonchev–Trinajstić information content (AvgIpc) is 2.96. The Hall–Kier alpha value is -1.19. The monoisotopic (exact) mass is 400 g/mol. The summed E-state index contributed by atoms with van der Waals surface area (Å²) in [7, 11) is -3.58. The molecule has 1 N–H and O–H groups in total. The van der Waals surface area contributed by atoms with Crippen LogP contribution in [-0.2, 0) is 10.0 Å². The highest BCUT2D eigenvalue weighted by molar-refractivity contribution is 7.89. The van der Waals surface area contributed by atoms with E-state index in [1.54, 1.807) is 13.8 Å². The van der Waals surface area contributed by atoms with E-state index in [0.717, 1.165) is 11.5 Å². The smallest absolute Gasteiger partial charge is 0.248 e. The van der Waals surface area contributed by atoms with Crippen molar-refractivity contribution in [3.63, 3.8) is 0 Å². The van der Waals surface area contributed by atoms with Crippen molar-refractivity contribution in [2.75, 3.05) is 26.2 Å². The number of thiocarbonyl (C=S) groups is 1. The maximum Gasteiger partial charge on any atom is 0.248 e. The molecule has 7 nitrogen and oxygen atoms in total. The second-order valence-corrected chi connectivity index (χ2v) is 9.62. The fourth-order valence-electron chi connectivity index (χ4n) is 3.88. The van der Waals surface area contributed by atoms with Crippen molar-refractivity contribution in [3.8, 4) is 0 Å². The van der Waals surface area contributed by atoms with Crippen LogP contribution in [-0.4, -0.2) is 60.1 Å². The number of aromatic nitrogens is 1. The summed E-state index contributed by atoms with van der Waals surface area (Å²) in [4.78, 5) is 2.28. The number of nitrogens with zero attached hydrogens (tertiary/aromatic N) is 3. The van der Waals surface area contributed by atoms with Gasteiger partial charge in [-0.1, -0.05) is 24.9 Å². The second kappa shape index (κ2) is 7.82. The first kappa shape index (κ1) is 19.6. The predicted molar refractivity (Wildman–Crippen MR) is 103 cm³/mol. The minimum absolute atomic E-state index is 0.197. The first-order valence-electron chi connectivity index (χ1n) is 9.29. The molecule has 1 aromatic rings. The van der Waals surface area contributed by atoms with Crippen LogP contribution in [0, 0.1) is 19.8 Å². The minimum atomic E-state index is -3.58. The third-order valence-corrected chi connectivity index (χ3v) is 8.03. The molecule has 0 amide bonds. The van der Waals surface area contributed by atoms with Gasteiger partial charge in [-0.15, -0.1) is 0 Å². The SMILES string of the molecule is Cc1noc(C)c1S(=O)(=O)N1CCN(C(=S)N[C@@H]2CCCC[C@@H]2C)CC1. The predicted octanol–water partition coefficient (Wildman–Crippen LogP) is 2.05. The fraction of sp³-hybridized carbons (Fsp3) is 0.765. The van der Waals surface area contributed by atoms with Crippen LogP contribution in [0.15, 0.2) is 9.42 Å². The Kier molecular flexibility index (Phi) is 5.88. The number of hydrogen-bond donors (Lipinski definition) is 1. The summed E-state index contributed by atoms with van der Waals surface area (Å²) in [5, 5.41) is 8.02. The van der Waals surface area contributed by atoms with Crippen LogP contribution in [0.1, 0.15) is 44.1 Å². The van der Waals surface area contributed by atoms with Crippen molar-refractivity contribution in [1.29, 1.82) is 0 Å². The van der Waals surface area contributed by atoms with Gasteiger partial charge in [-0.25, -0.2) is 8.42 Å². The summed E-state index contributed by atoms with van der Waals surface area (Å²) < 4.78 is 32.3. The summed E-state index contributed by atoms with van der Waals surface area (Å²) in [6, 6.07) is 0.431. The van der Waals surface area contributed by atoms with Crippen molar-refractivity contribution in [3.05, 3.63) is 11.5 Å². The van der Waals surface area contributed by atoms with Gasteiger partial charge in [0.15, 0.2) is 10.9 Å². The molecule has 2 heterocycles. The first-order chi connectivity index (χ1) is 12.3. The molecule has 1 saturated carbocycles. The van der Waals surface area contributed by atoms with Gasteiger partial charge in [-0.3, -0.25) is 0 Å². The number of nitrogens with one attached hydrogen (secondary N) is 1. The van der Waals surface area contributed by atoms with Gasteiger partial charge < -0.3 is 14.7 Å². The fourth-order valence-corrected chi connectivity index (χ4v) is 5.93. The largest absolute Gasteiger partial charge is 0.360 e. The molecule has 1 aliphatic heterocycles. The molecule has 0 unspecified atom stereocenters. The Morgan fingerprint density at radius 2 is 1.85 bits per heavy atom. The Bertz CT molecular complexity index is 735. The Balaban J connectivity index is 1.59. The Morgan fingerprint density at radius 1 is 1.19 bits per heavy atom. The molecule has 9 heteroatoms. The van der Waals surface area contributed by atoms with Gasteiger partial charge in [0.1, 0.15) is 10.6 Å². The highest BCUT2D eigenvalue weighted by Gasteiger charge is 2.34. The molecule has 1 saturated heterocycles. The van der Waals surface area contributed by atoms with Gasteiger partial charge in [0, 0.05) is 32.2 Å². The maximum absolute atomic E-state index is 12.9. The van der Waals surface area contributed by atoms with Gasteiger partial charge in [0.2, 0.25) is 10.0 Å².